The first-order valence-corrected chi connectivity index (χ1v) is 5.68. The zero-order chi connectivity index (χ0) is 10.8. The molecule has 0 spiro atoms. The van der Waals surface area contributed by atoms with E-state index in [2.05, 4.69) is 48.3 Å². The van der Waals surface area contributed by atoms with Crippen LogP contribution in [0.4, 0.5) is 5.13 Å². The van der Waals surface area contributed by atoms with Gasteiger partial charge in [0.2, 0.25) is 5.13 Å². The maximum atomic E-state index is 5.54. The van der Waals surface area contributed by atoms with E-state index in [0.717, 1.165) is 10.6 Å². The minimum absolute atomic E-state index is 0.512. The van der Waals surface area contributed by atoms with Crippen molar-refractivity contribution in [1.82, 2.24) is 10.2 Å². The number of anilines is 1. The summed E-state index contributed by atoms with van der Waals surface area (Å²) in [6, 6.07) is 8.37. The molecule has 1 aromatic heterocycles. The van der Waals surface area contributed by atoms with Crippen molar-refractivity contribution in [3.05, 3.63) is 29.8 Å². The van der Waals surface area contributed by atoms with Crippen molar-refractivity contribution in [2.45, 2.75) is 19.8 Å². The number of nitrogen functional groups attached to an aromatic ring is 1. The lowest BCUT2D eigenvalue weighted by atomic mass is 10.0. The predicted octanol–water partition coefficient (Wildman–Crippen LogP) is 2.91. The molecule has 0 bridgehead atoms. The average Bonchev–Trinajstić information content (AvgIpc) is 2.65. The van der Waals surface area contributed by atoms with Crippen molar-refractivity contribution in [1.29, 1.82) is 0 Å². The molecule has 0 fully saturated rings. The van der Waals surface area contributed by atoms with Crippen LogP contribution in [0.1, 0.15) is 25.3 Å². The molecular formula is C11H13N3S. The summed E-state index contributed by atoms with van der Waals surface area (Å²) in [6.45, 7) is 4.36. The smallest absolute Gasteiger partial charge is 0.203 e. The van der Waals surface area contributed by atoms with E-state index in [0.29, 0.717) is 11.0 Å². The van der Waals surface area contributed by atoms with Gasteiger partial charge in [-0.1, -0.05) is 49.4 Å². The molecule has 15 heavy (non-hydrogen) atoms. The van der Waals surface area contributed by atoms with Crippen LogP contribution in [0.25, 0.3) is 10.6 Å². The summed E-state index contributed by atoms with van der Waals surface area (Å²) >= 11 is 1.41. The van der Waals surface area contributed by atoms with E-state index in [9.17, 15) is 0 Å². The quantitative estimate of drug-likeness (QED) is 0.845. The maximum absolute atomic E-state index is 5.54. The fourth-order valence-electron chi connectivity index (χ4n) is 1.36. The summed E-state index contributed by atoms with van der Waals surface area (Å²) < 4.78 is 0. The highest BCUT2D eigenvalue weighted by Gasteiger charge is 2.05. The molecule has 0 aliphatic carbocycles. The molecule has 0 aliphatic heterocycles. The van der Waals surface area contributed by atoms with Crippen LogP contribution in [-0.2, 0) is 0 Å². The fraction of sp³-hybridized carbons (Fsp3) is 0.273. The van der Waals surface area contributed by atoms with Gasteiger partial charge in [0.1, 0.15) is 5.01 Å². The summed E-state index contributed by atoms with van der Waals surface area (Å²) in [4.78, 5) is 0. The molecule has 78 valence electrons. The van der Waals surface area contributed by atoms with Crippen LogP contribution in [0.5, 0.6) is 0 Å². The summed E-state index contributed by atoms with van der Waals surface area (Å²) in [5, 5.41) is 9.19. The maximum Gasteiger partial charge on any atom is 0.203 e. The molecule has 0 amide bonds. The van der Waals surface area contributed by atoms with Gasteiger partial charge in [-0.15, -0.1) is 10.2 Å². The van der Waals surface area contributed by atoms with Crippen LogP contribution in [0, 0.1) is 0 Å². The third-order valence-corrected chi connectivity index (χ3v) is 3.07. The van der Waals surface area contributed by atoms with Crippen molar-refractivity contribution in [2.24, 2.45) is 0 Å². The van der Waals surface area contributed by atoms with Gasteiger partial charge in [-0.25, -0.2) is 0 Å². The first-order valence-electron chi connectivity index (χ1n) is 4.86. The SMILES string of the molecule is CC(C)c1ccc(-c2nnc(N)s2)cc1. The van der Waals surface area contributed by atoms with Gasteiger partial charge >= 0.3 is 0 Å². The van der Waals surface area contributed by atoms with E-state index in [1.165, 1.54) is 16.9 Å². The predicted molar refractivity (Wildman–Crippen MR) is 63.8 cm³/mol. The first kappa shape index (κ1) is 10.1. The van der Waals surface area contributed by atoms with Gasteiger partial charge in [-0.2, -0.15) is 0 Å². The van der Waals surface area contributed by atoms with Gasteiger partial charge in [0.15, 0.2) is 0 Å². The molecular weight excluding hydrogens is 206 g/mol. The molecule has 0 radical (unpaired) electrons. The van der Waals surface area contributed by atoms with E-state index < -0.39 is 0 Å². The van der Waals surface area contributed by atoms with Crippen molar-refractivity contribution >= 4 is 16.5 Å². The Labute approximate surface area is 93.0 Å². The Balaban J connectivity index is 2.31. The summed E-state index contributed by atoms with van der Waals surface area (Å²) in [5.74, 6) is 0.554. The third-order valence-electron chi connectivity index (χ3n) is 2.26. The van der Waals surface area contributed by atoms with E-state index in [4.69, 9.17) is 5.73 Å². The Kier molecular flexibility index (Phi) is 2.68. The van der Waals surface area contributed by atoms with Gasteiger partial charge in [0, 0.05) is 5.56 Å². The minimum Gasteiger partial charge on any atom is -0.374 e. The molecule has 0 saturated heterocycles. The lowest BCUT2D eigenvalue weighted by molar-refractivity contribution is 0.867. The normalized spacial score (nSPS) is 10.9. The number of nitrogens with two attached hydrogens (primary N) is 1. The molecule has 2 N–H and O–H groups in total. The van der Waals surface area contributed by atoms with E-state index in [-0.39, 0.29) is 0 Å². The van der Waals surface area contributed by atoms with Crippen LogP contribution in [0.3, 0.4) is 0 Å². The average molecular weight is 219 g/mol. The molecule has 1 aromatic carbocycles. The Hall–Kier alpha value is -1.42. The highest BCUT2D eigenvalue weighted by Crippen LogP contribution is 2.26. The molecule has 0 aliphatic rings. The van der Waals surface area contributed by atoms with Crippen LogP contribution in [0.2, 0.25) is 0 Å². The topological polar surface area (TPSA) is 51.8 Å². The summed E-state index contributed by atoms with van der Waals surface area (Å²) in [5.41, 5.74) is 7.95. The van der Waals surface area contributed by atoms with Crippen LogP contribution in [0.15, 0.2) is 24.3 Å². The number of nitrogens with zero attached hydrogens (tertiary/aromatic N) is 2. The Morgan fingerprint density at radius 3 is 2.27 bits per heavy atom. The number of aromatic nitrogens is 2. The molecule has 0 unspecified atom stereocenters. The molecule has 2 rings (SSSR count). The molecule has 2 aromatic rings. The fourth-order valence-corrected chi connectivity index (χ4v) is 1.98. The largest absolute Gasteiger partial charge is 0.374 e. The van der Waals surface area contributed by atoms with Crippen LogP contribution < -0.4 is 5.73 Å². The minimum atomic E-state index is 0.512. The monoisotopic (exact) mass is 219 g/mol. The molecule has 4 heteroatoms. The second-order valence-corrected chi connectivity index (χ2v) is 4.73. The lowest BCUT2D eigenvalue weighted by Crippen LogP contribution is -1.86. The first-order chi connectivity index (χ1) is 7.16. The van der Waals surface area contributed by atoms with Gasteiger partial charge in [-0.05, 0) is 11.5 Å². The van der Waals surface area contributed by atoms with E-state index >= 15 is 0 Å². The van der Waals surface area contributed by atoms with E-state index in [1.807, 2.05) is 0 Å². The number of hydrogen-bond donors (Lipinski definition) is 1. The Morgan fingerprint density at radius 1 is 1.13 bits per heavy atom. The second-order valence-electron chi connectivity index (χ2n) is 3.72. The van der Waals surface area contributed by atoms with Crippen LogP contribution >= 0.6 is 11.3 Å². The summed E-state index contributed by atoms with van der Waals surface area (Å²) in [7, 11) is 0. The Morgan fingerprint density at radius 2 is 1.80 bits per heavy atom. The molecule has 0 atom stereocenters. The van der Waals surface area contributed by atoms with Crippen molar-refractivity contribution in [3.8, 4) is 10.6 Å². The zero-order valence-electron chi connectivity index (χ0n) is 8.77. The number of rotatable bonds is 2. The van der Waals surface area contributed by atoms with Gasteiger partial charge < -0.3 is 5.73 Å². The van der Waals surface area contributed by atoms with Crippen molar-refractivity contribution in [3.63, 3.8) is 0 Å². The molecule has 0 saturated carbocycles. The standard InChI is InChI=1S/C11H13N3S/c1-7(2)8-3-5-9(6-4-8)10-13-14-11(12)15-10/h3-7H,1-2H3,(H2,12,14). The van der Waals surface area contributed by atoms with Crippen molar-refractivity contribution < 1.29 is 0 Å². The molecule has 3 nitrogen and oxygen atoms in total. The highest BCUT2D eigenvalue weighted by atomic mass is 32.1. The summed E-state index contributed by atoms with van der Waals surface area (Å²) in [6.07, 6.45) is 0. The van der Waals surface area contributed by atoms with Crippen molar-refractivity contribution in [2.75, 3.05) is 5.73 Å². The highest BCUT2D eigenvalue weighted by molar-refractivity contribution is 7.18. The van der Waals surface area contributed by atoms with E-state index in [1.54, 1.807) is 0 Å². The number of hydrogen-bond acceptors (Lipinski definition) is 4. The second kappa shape index (κ2) is 3.98. The third kappa shape index (κ3) is 2.15. The Bertz CT molecular complexity index is 445. The van der Waals surface area contributed by atoms with Gasteiger partial charge in [0.05, 0.1) is 0 Å². The zero-order valence-corrected chi connectivity index (χ0v) is 9.58. The lowest BCUT2D eigenvalue weighted by Gasteiger charge is -2.04. The van der Waals surface area contributed by atoms with Gasteiger partial charge in [0.25, 0.3) is 0 Å². The number of benzene rings is 1. The van der Waals surface area contributed by atoms with Gasteiger partial charge in [-0.3, -0.25) is 0 Å². The molecule has 1 heterocycles. The van der Waals surface area contributed by atoms with Crippen LogP contribution in [-0.4, -0.2) is 10.2 Å².